The Hall–Kier alpha value is -0.610. The van der Waals surface area contributed by atoms with Crippen molar-refractivity contribution >= 4 is 11.6 Å². The number of nitrogens with zero attached hydrogens (tertiary/aromatic N) is 1. The topological polar surface area (TPSA) is 49.5 Å². The zero-order chi connectivity index (χ0) is 14.6. The summed E-state index contributed by atoms with van der Waals surface area (Å²) in [5, 5.41) is 10.8. The van der Waals surface area contributed by atoms with Crippen molar-refractivity contribution in [1.29, 1.82) is 0 Å². The molecule has 2 unspecified atom stereocenters. The van der Waals surface area contributed by atoms with Crippen LogP contribution in [-0.2, 0) is 0 Å². The van der Waals surface area contributed by atoms with Crippen LogP contribution in [0.3, 0.4) is 0 Å². The SMILES string of the molecule is CC1(O)CCCN(CCC(N)c2ccc(Cl)cc2)CC1. The second-order valence-corrected chi connectivity index (χ2v) is 6.58. The molecule has 1 aliphatic heterocycles. The quantitative estimate of drug-likeness (QED) is 0.898. The minimum atomic E-state index is -0.493. The standard InChI is InChI=1S/C16H25ClN2O/c1-16(20)8-2-10-19(12-9-16)11-7-15(18)13-3-5-14(17)6-4-13/h3-6,15,20H,2,7-12,18H2,1H3. The summed E-state index contributed by atoms with van der Waals surface area (Å²) >= 11 is 5.89. The van der Waals surface area contributed by atoms with Crippen LogP contribution in [0.25, 0.3) is 0 Å². The van der Waals surface area contributed by atoms with Gasteiger partial charge < -0.3 is 15.7 Å². The van der Waals surface area contributed by atoms with Gasteiger partial charge in [-0.15, -0.1) is 0 Å². The highest BCUT2D eigenvalue weighted by atomic mass is 35.5. The Morgan fingerprint density at radius 1 is 1.30 bits per heavy atom. The molecule has 2 rings (SSSR count). The maximum Gasteiger partial charge on any atom is 0.0632 e. The lowest BCUT2D eigenvalue weighted by molar-refractivity contribution is 0.0446. The van der Waals surface area contributed by atoms with Crippen LogP contribution in [0.2, 0.25) is 5.02 Å². The molecule has 0 amide bonds. The van der Waals surface area contributed by atoms with Gasteiger partial charge in [0, 0.05) is 17.6 Å². The Morgan fingerprint density at radius 2 is 2.00 bits per heavy atom. The Morgan fingerprint density at radius 3 is 2.70 bits per heavy atom. The lowest BCUT2D eigenvalue weighted by Gasteiger charge is -2.23. The molecule has 0 aromatic heterocycles. The summed E-state index contributed by atoms with van der Waals surface area (Å²) in [6.07, 6.45) is 3.74. The van der Waals surface area contributed by atoms with Gasteiger partial charge in [0.1, 0.15) is 0 Å². The average molecular weight is 297 g/mol. The molecular formula is C16H25ClN2O. The van der Waals surface area contributed by atoms with Gasteiger partial charge in [-0.1, -0.05) is 23.7 Å². The van der Waals surface area contributed by atoms with Crippen molar-refractivity contribution < 1.29 is 5.11 Å². The van der Waals surface area contributed by atoms with Crippen LogP contribution >= 0.6 is 11.6 Å². The molecule has 0 bridgehead atoms. The summed E-state index contributed by atoms with van der Waals surface area (Å²) in [6, 6.07) is 7.83. The van der Waals surface area contributed by atoms with Crippen molar-refractivity contribution in [1.82, 2.24) is 4.90 Å². The molecule has 0 radical (unpaired) electrons. The lowest BCUT2D eigenvalue weighted by atomic mass is 9.98. The summed E-state index contributed by atoms with van der Waals surface area (Å²) < 4.78 is 0. The lowest BCUT2D eigenvalue weighted by Crippen LogP contribution is -2.30. The summed E-state index contributed by atoms with van der Waals surface area (Å²) in [7, 11) is 0. The second-order valence-electron chi connectivity index (χ2n) is 6.14. The van der Waals surface area contributed by atoms with Crippen LogP contribution in [0, 0.1) is 0 Å². The van der Waals surface area contributed by atoms with Gasteiger partial charge in [0.05, 0.1) is 5.60 Å². The highest BCUT2D eigenvalue weighted by Gasteiger charge is 2.24. The Labute approximate surface area is 126 Å². The largest absolute Gasteiger partial charge is 0.390 e. The first kappa shape index (κ1) is 15.8. The Kier molecular flexibility index (Phi) is 5.44. The fourth-order valence-electron chi connectivity index (χ4n) is 2.74. The van der Waals surface area contributed by atoms with Gasteiger partial charge in [-0.25, -0.2) is 0 Å². The van der Waals surface area contributed by atoms with E-state index in [9.17, 15) is 5.11 Å². The molecule has 1 heterocycles. The van der Waals surface area contributed by atoms with Gasteiger partial charge >= 0.3 is 0 Å². The van der Waals surface area contributed by atoms with Crippen LogP contribution in [-0.4, -0.2) is 35.2 Å². The van der Waals surface area contributed by atoms with E-state index in [4.69, 9.17) is 17.3 Å². The van der Waals surface area contributed by atoms with E-state index in [-0.39, 0.29) is 6.04 Å². The molecule has 1 saturated heterocycles. The predicted molar refractivity (Wildman–Crippen MR) is 83.9 cm³/mol. The third-order valence-corrected chi connectivity index (χ3v) is 4.46. The first-order valence-electron chi connectivity index (χ1n) is 7.42. The Bertz CT molecular complexity index is 419. The van der Waals surface area contributed by atoms with Gasteiger partial charge in [0.25, 0.3) is 0 Å². The van der Waals surface area contributed by atoms with E-state index in [1.54, 1.807) is 0 Å². The highest BCUT2D eigenvalue weighted by Crippen LogP contribution is 2.23. The summed E-state index contributed by atoms with van der Waals surface area (Å²) in [5.74, 6) is 0. The molecule has 0 saturated carbocycles. The van der Waals surface area contributed by atoms with Crippen LogP contribution in [0.5, 0.6) is 0 Å². The number of hydrogen-bond donors (Lipinski definition) is 2. The molecule has 112 valence electrons. The molecule has 2 atom stereocenters. The highest BCUT2D eigenvalue weighted by molar-refractivity contribution is 6.30. The molecule has 3 N–H and O–H groups in total. The van der Waals surface area contributed by atoms with Crippen molar-refractivity contribution in [2.24, 2.45) is 5.73 Å². The molecule has 1 aromatic carbocycles. The van der Waals surface area contributed by atoms with Crippen molar-refractivity contribution in [3.63, 3.8) is 0 Å². The normalized spacial score (nSPS) is 26.2. The number of benzene rings is 1. The minimum Gasteiger partial charge on any atom is -0.390 e. The molecule has 0 spiro atoms. The number of nitrogens with two attached hydrogens (primary N) is 1. The molecule has 20 heavy (non-hydrogen) atoms. The van der Waals surface area contributed by atoms with Crippen molar-refractivity contribution in [3.05, 3.63) is 34.9 Å². The van der Waals surface area contributed by atoms with E-state index in [1.807, 2.05) is 31.2 Å². The molecule has 4 heteroatoms. The van der Waals surface area contributed by atoms with E-state index < -0.39 is 5.60 Å². The molecule has 1 aliphatic rings. The minimum absolute atomic E-state index is 0.0519. The molecule has 3 nitrogen and oxygen atoms in total. The molecule has 0 aliphatic carbocycles. The van der Waals surface area contributed by atoms with E-state index in [1.165, 1.54) is 0 Å². The van der Waals surface area contributed by atoms with Gasteiger partial charge in [-0.3, -0.25) is 0 Å². The van der Waals surface area contributed by atoms with Crippen LogP contribution < -0.4 is 5.73 Å². The average Bonchev–Trinajstić information content (AvgIpc) is 2.58. The fraction of sp³-hybridized carbons (Fsp3) is 0.625. The summed E-state index contributed by atoms with van der Waals surface area (Å²) in [4.78, 5) is 2.41. The maximum absolute atomic E-state index is 10.1. The van der Waals surface area contributed by atoms with Crippen molar-refractivity contribution in [3.8, 4) is 0 Å². The predicted octanol–water partition coefficient (Wildman–Crippen LogP) is 2.97. The molecule has 1 fully saturated rings. The molecular weight excluding hydrogens is 272 g/mol. The van der Waals surface area contributed by atoms with E-state index >= 15 is 0 Å². The zero-order valence-electron chi connectivity index (χ0n) is 12.2. The van der Waals surface area contributed by atoms with E-state index in [2.05, 4.69) is 4.90 Å². The smallest absolute Gasteiger partial charge is 0.0632 e. The van der Waals surface area contributed by atoms with Gasteiger partial charge in [0.15, 0.2) is 0 Å². The first-order chi connectivity index (χ1) is 9.46. The molecule has 1 aromatic rings. The van der Waals surface area contributed by atoms with E-state index in [0.717, 1.165) is 55.9 Å². The zero-order valence-corrected chi connectivity index (χ0v) is 12.9. The third-order valence-electron chi connectivity index (χ3n) is 4.21. The Balaban J connectivity index is 1.81. The summed E-state index contributed by atoms with van der Waals surface area (Å²) in [5.41, 5.74) is 6.88. The summed E-state index contributed by atoms with van der Waals surface area (Å²) in [6.45, 7) is 4.94. The third kappa shape index (κ3) is 4.74. The van der Waals surface area contributed by atoms with Crippen LogP contribution in [0.1, 0.15) is 44.2 Å². The van der Waals surface area contributed by atoms with Gasteiger partial charge in [-0.05, 0) is 63.4 Å². The second kappa shape index (κ2) is 6.90. The fourth-order valence-corrected chi connectivity index (χ4v) is 2.87. The first-order valence-corrected chi connectivity index (χ1v) is 7.80. The van der Waals surface area contributed by atoms with Crippen molar-refractivity contribution in [2.45, 2.75) is 44.2 Å². The monoisotopic (exact) mass is 296 g/mol. The number of likely N-dealkylation sites (tertiary alicyclic amines) is 1. The van der Waals surface area contributed by atoms with E-state index in [0.29, 0.717) is 0 Å². The number of rotatable bonds is 4. The van der Waals surface area contributed by atoms with Crippen molar-refractivity contribution in [2.75, 3.05) is 19.6 Å². The maximum atomic E-state index is 10.1. The van der Waals surface area contributed by atoms with Gasteiger partial charge in [0.2, 0.25) is 0 Å². The number of hydrogen-bond acceptors (Lipinski definition) is 3. The number of aliphatic hydroxyl groups is 1. The van der Waals surface area contributed by atoms with Crippen LogP contribution in [0.15, 0.2) is 24.3 Å². The van der Waals surface area contributed by atoms with Gasteiger partial charge in [-0.2, -0.15) is 0 Å². The number of halogens is 1. The van der Waals surface area contributed by atoms with Crippen LogP contribution in [0.4, 0.5) is 0 Å².